The van der Waals surface area contributed by atoms with E-state index in [4.69, 9.17) is 33.1 Å². The number of aromatic nitrogens is 2. The van der Waals surface area contributed by atoms with Gasteiger partial charge in [-0.15, -0.1) is 0 Å². The predicted molar refractivity (Wildman–Crippen MR) is 75.4 cm³/mol. The van der Waals surface area contributed by atoms with E-state index in [9.17, 15) is 8.42 Å². The lowest BCUT2D eigenvalue weighted by Gasteiger charge is -2.10. The van der Waals surface area contributed by atoms with Crippen LogP contribution < -0.4 is 9.88 Å². The van der Waals surface area contributed by atoms with Gasteiger partial charge in [0, 0.05) is 13.2 Å². The first-order chi connectivity index (χ1) is 9.29. The molecule has 0 aliphatic carbocycles. The molecule has 0 amide bonds. The minimum atomic E-state index is -3.92. The number of nitrogens with two attached hydrogens (primary N) is 1. The van der Waals surface area contributed by atoms with Gasteiger partial charge in [-0.1, -0.05) is 23.2 Å². The van der Waals surface area contributed by atoms with Crippen LogP contribution in [0.2, 0.25) is 10.0 Å². The molecule has 108 valence electrons. The Kier molecular flexibility index (Phi) is 4.24. The van der Waals surface area contributed by atoms with Crippen molar-refractivity contribution in [3.05, 3.63) is 40.1 Å². The van der Waals surface area contributed by atoms with E-state index in [1.807, 2.05) is 0 Å². The first kappa shape index (κ1) is 15.1. The number of ether oxygens (including phenoxy) is 1. The number of benzene rings is 1. The Bertz CT molecular complexity index is 743. The number of halogens is 2. The lowest BCUT2D eigenvalue weighted by atomic mass is 10.3. The fourth-order valence-electron chi connectivity index (χ4n) is 1.54. The standard InChI is InChI=1S/C11H11Cl2N3O3S/c1-16-5-4-7(15-16)6-19-8-2-3-9(20(14,17)18)11(13)10(8)12/h2-5H,6H2,1H3,(H2,14,17,18). The molecule has 0 aliphatic rings. The average molecular weight is 336 g/mol. The van der Waals surface area contributed by atoms with Crippen molar-refractivity contribution in [2.24, 2.45) is 12.2 Å². The Morgan fingerprint density at radius 2 is 2.00 bits per heavy atom. The van der Waals surface area contributed by atoms with E-state index in [1.54, 1.807) is 24.0 Å². The number of rotatable bonds is 4. The van der Waals surface area contributed by atoms with Crippen LogP contribution in [0, 0.1) is 0 Å². The van der Waals surface area contributed by atoms with Crippen molar-refractivity contribution < 1.29 is 13.2 Å². The summed E-state index contributed by atoms with van der Waals surface area (Å²) in [4.78, 5) is -0.241. The first-order valence-corrected chi connectivity index (χ1v) is 7.71. The maximum absolute atomic E-state index is 11.3. The summed E-state index contributed by atoms with van der Waals surface area (Å²) in [6.45, 7) is 0.186. The molecule has 0 atom stereocenters. The first-order valence-electron chi connectivity index (χ1n) is 5.41. The lowest BCUT2D eigenvalue weighted by Crippen LogP contribution is -2.13. The smallest absolute Gasteiger partial charge is 0.239 e. The Morgan fingerprint density at radius 1 is 1.30 bits per heavy atom. The van der Waals surface area contributed by atoms with Gasteiger partial charge in [0.05, 0.1) is 10.7 Å². The van der Waals surface area contributed by atoms with Gasteiger partial charge in [-0.2, -0.15) is 5.10 Å². The van der Waals surface area contributed by atoms with Gasteiger partial charge in [0.15, 0.2) is 0 Å². The molecule has 0 radical (unpaired) electrons. The van der Waals surface area contributed by atoms with Crippen molar-refractivity contribution in [2.45, 2.75) is 11.5 Å². The summed E-state index contributed by atoms with van der Waals surface area (Å²) >= 11 is 11.9. The summed E-state index contributed by atoms with van der Waals surface area (Å²) in [5.74, 6) is 0.259. The molecule has 0 spiro atoms. The highest BCUT2D eigenvalue weighted by Crippen LogP contribution is 2.36. The number of aryl methyl sites for hydroxylation is 1. The number of primary sulfonamides is 1. The van der Waals surface area contributed by atoms with Crippen molar-refractivity contribution in [1.29, 1.82) is 0 Å². The highest BCUT2D eigenvalue weighted by molar-refractivity contribution is 7.89. The van der Waals surface area contributed by atoms with E-state index in [0.29, 0.717) is 5.69 Å². The molecule has 1 aromatic carbocycles. The van der Waals surface area contributed by atoms with E-state index in [2.05, 4.69) is 5.10 Å². The van der Waals surface area contributed by atoms with E-state index in [1.165, 1.54) is 12.1 Å². The Balaban J connectivity index is 2.24. The summed E-state index contributed by atoms with van der Waals surface area (Å²) in [7, 11) is -2.14. The second-order valence-electron chi connectivity index (χ2n) is 4.00. The van der Waals surface area contributed by atoms with Crippen LogP contribution in [0.1, 0.15) is 5.69 Å². The van der Waals surface area contributed by atoms with Crippen LogP contribution in [-0.2, 0) is 23.7 Å². The largest absolute Gasteiger partial charge is 0.486 e. The quantitative estimate of drug-likeness (QED) is 0.924. The van der Waals surface area contributed by atoms with Gasteiger partial charge in [-0.3, -0.25) is 4.68 Å². The molecule has 1 aromatic heterocycles. The Labute approximate surface area is 126 Å². The maximum atomic E-state index is 11.3. The molecule has 0 saturated heterocycles. The van der Waals surface area contributed by atoms with Crippen LogP contribution in [-0.4, -0.2) is 18.2 Å². The number of hydrogen-bond donors (Lipinski definition) is 1. The van der Waals surface area contributed by atoms with E-state index in [0.717, 1.165) is 0 Å². The summed E-state index contributed by atoms with van der Waals surface area (Å²) in [6.07, 6.45) is 1.78. The SMILES string of the molecule is Cn1ccc(COc2ccc(S(N)(=O)=O)c(Cl)c2Cl)n1. The summed E-state index contributed by atoms with van der Waals surface area (Å²) in [5.41, 5.74) is 0.704. The lowest BCUT2D eigenvalue weighted by molar-refractivity contribution is 0.300. The van der Waals surface area contributed by atoms with E-state index in [-0.39, 0.29) is 27.3 Å². The van der Waals surface area contributed by atoms with Crippen LogP contribution >= 0.6 is 23.2 Å². The molecule has 0 unspecified atom stereocenters. The van der Waals surface area contributed by atoms with Gasteiger partial charge in [0.25, 0.3) is 0 Å². The monoisotopic (exact) mass is 335 g/mol. The van der Waals surface area contributed by atoms with Crippen molar-refractivity contribution in [1.82, 2.24) is 9.78 Å². The van der Waals surface area contributed by atoms with Gasteiger partial charge in [-0.25, -0.2) is 13.6 Å². The molecule has 0 aliphatic heterocycles. The van der Waals surface area contributed by atoms with Gasteiger partial charge < -0.3 is 4.74 Å². The fourth-order valence-corrected chi connectivity index (χ4v) is 2.90. The molecule has 6 nitrogen and oxygen atoms in total. The third-order valence-corrected chi connectivity index (χ3v) is 4.39. The fraction of sp³-hybridized carbons (Fsp3) is 0.182. The van der Waals surface area contributed by atoms with Crippen molar-refractivity contribution in [3.8, 4) is 5.75 Å². The second-order valence-corrected chi connectivity index (χ2v) is 6.29. The molecule has 0 saturated carbocycles. The zero-order chi connectivity index (χ0) is 14.9. The summed E-state index contributed by atoms with van der Waals surface area (Å²) < 4.78 is 29.7. The second kappa shape index (κ2) is 5.61. The summed E-state index contributed by atoms with van der Waals surface area (Å²) in [6, 6.07) is 4.43. The molecule has 2 aromatic rings. The normalized spacial score (nSPS) is 11.6. The van der Waals surface area contributed by atoms with Crippen LogP contribution in [0.25, 0.3) is 0 Å². The van der Waals surface area contributed by atoms with Crippen LogP contribution in [0.5, 0.6) is 5.75 Å². The van der Waals surface area contributed by atoms with Crippen LogP contribution in [0.4, 0.5) is 0 Å². The molecule has 0 bridgehead atoms. The zero-order valence-electron chi connectivity index (χ0n) is 10.4. The molecule has 2 rings (SSSR count). The Hall–Kier alpha value is -1.28. The van der Waals surface area contributed by atoms with E-state index < -0.39 is 10.0 Å². The van der Waals surface area contributed by atoms with Gasteiger partial charge in [0.2, 0.25) is 10.0 Å². The summed E-state index contributed by atoms with van der Waals surface area (Å²) in [5, 5.41) is 8.99. The number of hydrogen-bond acceptors (Lipinski definition) is 4. The molecular weight excluding hydrogens is 325 g/mol. The molecule has 0 fully saturated rings. The molecule has 2 N–H and O–H groups in total. The molecule has 20 heavy (non-hydrogen) atoms. The van der Waals surface area contributed by atoms with Crippen molar-refractivity contribution in [3.63, 3.8) is 0 Å². The van der Waals surface area contributed by atoms with Crippen LogP contribution in [0.15, 0.2) is 29.3 Å². The van der Waals surface area contributed by atoms with Gasteiger partial charge in [-0.05, 0) is 18.2 Å². The maximum Gasteiger partial charge on any atom is 0.239 e. The highest BCUT2D eigenvalue weighted by atomic mass is 35.5. The Morgan fingerprint density at radius 3 is 2.55 bits per heavy atom. The van der Waals surface area contributed by atoms with Crippen molar-refractivity contribution in [2.75, 3.05) is 0 Å². The average Bonchev–Trinajstić information content (AvgIpc) is 2.75. The minimum absolute atomic E-state index is 0.00544. The third-order valence-electron chi connectivity index (χ3n) is 2.46. The number of sulfonamides is 1. The van der Waals surface area contributed by atoms with Crippen LogP contribution in [0.3, 0.4) is 0 Å². The topological polar surface area (TPSA) is 87.2 Å². The highest BCUT2D eigenvalue weighted by Gasteiger charge is 2.18. The van der Waals surface area contributed by atoms with Gasteiger partial charge in [0.1, 0.15) is 22.3 Å². The van der Waals surface area contributed by atoms with Crippen molar-refractivity contribution >= 4 is 33.2 Å². The molecule has 1 heterocycles. The van der Waals surface area contributed by atoms with Gasteiger partial charge >= 0.3 is 0 Å². The molecular formula is C11H11Cl2N3O3S. The minimum Gasteiger partial charge on any atom is -0.486 e. The predicted octanol–water partition coefficient (Wildman–Crippen LogP) is 1.95. The molecule has 9 heteroatoms. The number of nitrogens with zero attached hydrogens (tertiary/aromatic N) is 2. The zero-order valence-corrected chi connectivity index (χ0v) is 12.7. The third kappa shape index (κ3) is 3.24. The van der Waals surface area contributed by atoms with E-state index >= 15 is 0 Å².